The van der Waals surface area contributed by atoms with Gasteiger partial charge in [0.1, 0.15) is 0 Å². The van der Waals surface area contributed by atoms with Crippen LogP contribution < -0.4 is 14.8 Å². The molecule has 7 heteroatoms. The van der Waals surface area contributed by atoms with Gasteiger partial charge < -0.3 is 9.84 Å². The van der Waals surface area contributed by atoms with Crippen molar-refractivity contribution in [1.82, 2.24) is 9.38 Å². The van der Waals surface area contributed by atoms with Gasteiger partial charge in [-0.05, 0) is 36.8 Å². The summed E-state index contributed by atoms with van der Waals surface area (Å²) in [5.41, 5.74) is 3.40. The summed E-state index contributed by atoms with van der Waals surface area (Å²) in [7, 11) is 1.44. The maximum Gasteiger partial charge on any atom is 0.274 e. The number of aromatic nitrogens is 2. The molecule has 2 heterocycles. The second-order valence-electron chi connectivity index (χ2n) is 6.12. The lowest BCUT2D eigenvalue weighted by Crippen LogP contribution is -2.22. The number of phenols is 1. The summed E-state index contributed by atoms with van der Waals surface area (Å²) in [5.74, 6) is 0.131. The van der Waals surface area contributed by atoms with Crippen molar-refractivity contribution in [1.29, 1.82) is 0 Å². The predicted octanol–water partition coefficient (Wildman–Crippen LogP) is 3.65. The lowest BCUT2D eigenvalue weighted by atomic mass is 10.1. The van der Waals surface area contributed by atoms with Crippen LogP contribution >= 0.6 is 22.9 Å². The first-order valence-corrected chi connectivity index (χ1v) is 9.33. The van der Waals surface area contributed by atoms with Crippen molar-refractivity contribution in [3.63, 3.8) is 0 Å². The molecule has 0 spiro atoms. The first kappa shape index (κ1) is 17.6. The smallest absolute Gasteiger partial charge is 0.274 e. The molecule has 0 aliphatic heterocycles. The SMILES string of the molecule is COc1cc(/C=c2\sc3nc(-c4cccc(C)c4)cn3c2=O)cc(Cl)c1O. The molecule has 0 aliphatic carbocycles. The summed E-state index contributed by atoms with van der Waals surface area (Å²) in [4.78, 5) is 17.9. The third-order valence-electron chi connectivity index (χ3n) is 4.19. The topological polar surface area (TPSA) is 63.8 Å². The van der Waals surface area contributed by atoms with Gasteiger partial charge in [0.2, 0.25) is 0 Å². The Morgan fingerprint density at radius 1 is 1.30 bits per heavy atom. The van der Waals surface area contributed by atoms with Gasteiger partial charge in [0, 0.05) is 11.8 Å². The number of fused-ring (bicyclic) bond motifs is 1. The van der Waals surface area contributed by atoms with E-state index in [1.807, 2.05) is 31.2 Å². The van der Waals surface area contributed by atoms with Crippen LogP contribution in [0.25, 0.3) is 22.3 Å². The average molecular weight is 399 g/mol. The van der Waals surface area contributed by atoms with E-state index >= 15 is 0 Å². The molecule has 0 aliphatic rings. The number of aromatic hydroxyl groups is 1. The van der Waals surface area contributed by atoms with Crippen LogP contribution in [-0.4, -0.2) is 21.6 Å². The normalized spacial score (nSPS) is 12.0. The highest BCUT2D eigenvalue weighted by Crippen LogP contribution is 2.35. The molecule has 0 radical (unpaired) electrons. The van der Waals surface area contributed by atoms with E-state index in [-0.39, 0.29) is 22.1 Å². The van der Waals surface area contributed by atoms with Crippen molar-refractivity contribution in [3.8, 4) is 22.8 Å². The molecular weight excluding hydrogens is 384 g/mol. The van der Waals surface area contributed by atoms with Gasteiger partial charge in [-0.1, -0.05) is 46.7 Å². The Morgan fingerprint density at radius 3 is 2.81 bits per heavy atom. The zero-order valence-electron chi connectivity index (χ0n) is 14.6. The summed E-state index contributed by atoms with van der Waals surface area (Å²) in [5, 5.41) is 10.0. The average Bonchev–Trinajstić information content (AvgIpc) is 3.18. The van der Waals surface area contributed by atoms with Crippen LogP contribution in [0.3, 0.4) is 0 Å². The third-order valence-corrected chi connectivity index (χ3v) is 5.46. The number of hydrogen-bond acceptors (Lipinski definition) is 5. The number of imidazole rings is 1. The van der Waals surface area contributed by atoms with Crippen molar-refractivity contribution in [2.75, 3.05) is 7.11 Å². The first-order chi connectivity index (χ1) is 13.0. The lowest BCUT2D eigenvalue weighted by molar-refractivity contribution is 0.373. The molecule has 27 heavy (non-hydrogen) atoms. The molecule has 2 aromatic heterocycles. The van der Waals surface area contributed by atoms with E-state index in [0.717, 1.165) is 16.8 Å². The first-order valence-electron chi connectivity index (χ1n) is 8.13. The van der Waals surface area contributed by atoms with E-state index in [4.69, 9.17) is 16.3 Å². The highest BCUT2D eigenvalue weighted by atomic mass is 35.5. The maximum absolute atomic E-state index is 12.7. The summed E-state index contributed by atoms with van der Waals surface area (Å²) < 4.78 is 7.18. The number of ether oxygens (including phenoxy) is 1. The Hall–Kier alpha value is -2.83. The van der Waals surface area contributed by atoms with Crippen LogP contribution in [0.2, 0.25) is 5.02 Å². The van der Waals surface area contributed by atoms with Crippen LogP contribution in [0.4, 0.5) is 0 Å². The van der Waals surface area contributed by atoms with Crippen LogP contribution in [0, 0.1) is 6.92 Å². The molecule has 0 saturated carbocycles. The maximum atomic E-state index is 12.7. The van der Waals surface area contributed by atoms with Crippen molar-refractivity contribution in [2.24, 2.45) is 0 Å². The fraction of sp³-hybridized carbons (Fsp3) is 0.100. The summed E-state index contributed by atoms with van der Waals surface area (Å²) >= 11 is 7.32. The van der Waals surface area contributed by atoms with E-state index in [1.54, 1.807) is 28.8 Å². The number of nitrogens with zero attached hydrogens (tertiary/aromatic N) is 2. The summed E-state index contributed by atoms with van der Waals surface area (Å²) in [6, 6.07) is 11.2. The van der Waals surface area contributed by atoms with Crippen molar-refractivity contribution < 1.29 is 9.84 Å². The van der Waals surface area contributed by atoms with Gasteiger partial charge in [-0.15, -0.1) is 0 Å². The highest BCUT2D eigenvalue weighted by molar-refractivity contribution is 7.15. The number of methoxy groups -OCH3 is 1. The molecular formula is C20H15ClN2O3S. The molecule has 0 unspecified atom stereocenters. The largest absolute Gasteiger partial charge is 0.503 e. The second kappa shape index (κ2) is 6.72. The predicted molar refractivity (Wildman–Crippen MR) is 108 cm³/mol. The minimum atomic E-state index is -0.149. The standard InChI is InChI=1S/C20H15ClN2O3S/c1-11-4-3-5-13(6-11)15-10-23-19(25)17(27-20(23)22-15)9-12-7-14(21)18(24)16(8-12)26-2/h3-10,24H,1-2H3/b17-9-. The van der Waals surface area contributed by atoms with E-state index in [1.165, 1.54) is 18.4 Å². The fourth-order valence-electron chi connectivity index (χ4n) is 2.86. The Labute approximate surface area is 163 Å². The molecule has 0 fully saturated rings. The molecule has 4 aromatic rings. The van der Waals surface area contributed by atoms with E-state index in [0.29, 0.717) is 15.1 Å². The summed E-state index contributed by atoms with van der Waals surface area (Å²) in [6.07, 6.45) is 3.46. The minimum absolute atomic E-state index is 0.123. The number of hydrogen-bond donors (Lipinski definition) is 1. The molecule has 0 atom stereocenters. The molecule has 0 bridgehead atoms. The fourth-order valence-corrected chi connectivity index (χ4v) is 4.03. The lowest BCUT2D eigenvalue weighted by Gasteiger charge is -2.05. The number of aryl methyl sites for hydroxylation is 1. The molecule has 2 aromatic carbocycles. The Balaban J connectivity index is 1.82. The Bertz CT molecular complexity index is 1280. The van der Waals surface area contributed by atoms with E-state index in [2.05, 4.69) is 4.98 Å². The number of rotatable bonds is 3. The third kappa shape index (κ3) is 3.18. The zero-order valence-corrected chi connectivity index (χ0v) is 16.1. The van der Waals surface area contributed by atoms with Crippen LogP contribution in [0.5, 0.6) is 11.5 Å². The Kier molecular flexibility index (Phi) is 4.37. The molecule has 0 saturated heterocycles. The van der Waals surface area contributed by atoms with E-state index in [9.17, 15) is 9.90 Å². The molecule has 136 valence electrons. The van der Waals surface area contributed by atoms with Crippen LogP contribution in [0.1, 0.15) is 11.1 Å². The van der Waals surface area contributed by atoms with Gasteiger partial charge in [-0.3, -0.25) is 9.20 Å². The molecule has 4 rings (SSSR count). The van der Waals surface area contributed by atoms with Gasteiger partial charge >= 0.3 is 0 Å². The number of phenolic OH excluding ortho intramolecular Hbond substituents is 1. The van der Waals surface area contributed by atoms with Gasteiger partial charge in [-0.2, -0.15) is 0 Å². The molecule has 1 N–H and O–H groups in total. The van der Waals surface area contributed by atoms with Crippen molar-refractivity contribution in [2.45, 2.75) is 6.92 Å². The van der Waals surface area contributed by atoms with Gasteiger partial charge in [0.15, 0.2) is 16.5 Å². The van der Waals surface area contributed by atoms with Crippen LogP contribution in [-0.2, 0) is 0 Å². The molecule has 0 amide bonds. The zero-order chi connectivity index (χ0) is 19.1. The number of thiazole rings is 1. The quantitative estimate of drug-likeness (QED) is 0.572. The summed E-state index contributed by atoms with van der Waals surface area (Å²) in [6.45, 7) is 2.02. The van der Waals surface area contributed by atoms with Crippen LogP contribution in [0.15, 0.2) is 47.4 Å². The second-order valence-corrected chi connectivity index (χ2v) is 7.53. The van der Waals surface area contributed by atoms with Gasteiger partial charge in [0.05, 0.1) is 22.4 Å². The monoisotopic (exact) mass is 398 g/mol. The molecule has 5 nitrogen and oxygen atoms in total. The van der Waals surface area contributed by atoms with Crippen molar-refractivity contribution in [3.05, 3.63) is 73.6 Å². The number of benzene rings is 2. The minimum Gasteiger partial charge on any atom is -0.503 e. The van der Waals surface area contributed by atoms with E-state index < -0.39 is 0 Å². The number of halogens is 1. The highest BCUT2D eigenvalue weighted by Gasteiger charge is 2.12. The van der Waals surface area contributed by atoms with Crippen molar-refractivity contribution >= 4 is 34.0 Å². The van der Waals surface area contributed by atoms with Gasteiger partial charge in [0.25, 0.3) is 5.56 Å². The van der Waals surface area contributed by atoms with Gasteiger partial charge in [-0.25, -0.2) is 4.98 Å². The Morgan fingerprint density at radius 2 is 2.11 bits per heavy atom.